The van der Waals surface area contributed by atoms with Gasteiger partial charge in [-0.05, 0) is 29.8 Å². The van der Waals surface area contributed by atoms with E-state index in [1.165, 1.54) is 11.9 Å². The number of rotatable bonds is 8. The maximum Gasteiger partial charge on any atom is 0.227 e. The second-order valence-electron chi connectivity index (χ2n) is 4.85. The van der Waals surface area contributed by atoms with Crippen LogP contribution in [0.5, 0.6) is 0 Å². The lowest BCUT2D eigenvalue weighted by Crippen LogP contribution is -2.01. The van der Waals surface area contributed by atoms with Crippen LogP contribution >= 0.6 is 11.9 Å². The molecule has 0 aliphatic carbocycles. The zero-order valence-electron chi connectivity index (χ0n) is 13.5. The Morgan fingerprint density at radius 3 is 2.96 bits per heavy atom. The molecule has 0 unspecified atom stereocenters. The molecule has 1 aromatic heterocycles. The Kier molecular flexibility index (Phi) is 6.60. The molecule has 0 aliphatic rings. The number of benzene rings is 1. The number of nitrogens with one attached hydrogen (secondary N) is 1. The van der Waals surface area contributed by atoms with E-state index in [-0.39, 0.29) is 0 Å². The van der Waals surface area contributed by atoms with Crippen molar-refractivity contribution in [3.05, 3.63) is 78.9 Å². The largest absolute Gasteiger partial charge is 0.497 e. The van der Waals surface area contributed by atoms with Gasteiger partial charge in [-0.15, -0.1) is 0 Å². The van der Waals surface area contributed by atoms with Gasteiger partial charge in [0.05, 0.1) is 12.8 Å². The van der Waals surface area contributed by atoms with Gasteiger partial charge in [0.1, 0.15) is 5.76 Å². The van der Waals surface area contributed by atoms with Crippen molar-refractivity contribution in [1.82, 2.24) is 9.97 Å². The van der Waals surface area contributed by atoms with Gasteiger partial charge in [0.25, 0.3) is 0 Å². The standard InChI is InChI=1S/C18H20N4OS/c1-4-6-16(13(2)23-3)17-9-10-20-18(22-17)21-15-8-5-7-14(11-15)12-24-19/h4-11H,1-2,12,19H2,3H3,(H,20,21,22)/b16-6+. The molecule has 0 atom stereocenters. The highest BCUT2D eigenvalue weighted by atomic mass is 32.2. The Hall–Kier alpha value is -2.57. The second kappa shape index (κ2) is 8.90. The molecule has 24 heavy (non-hydrogen) atoms. The molecule has 3 N–H and O–H groups in total. The molecule has 0 radical (unpaired) electrons. The number of aromatic nitrogens is 2. The van der Waals surface area contributed by atoms with E-state index < -0.39 is 0 Å². The number of anilines is 2. The second-order valence-corrected chi connectivity index (χ2v) is 5.47. The van der Waals surface area contributed by atoms with Crippen LogP contribution in [0.1, 0.15) is 11.3 Å². The van der Waals surface area contributed by atoms with Gasteiger partial charge in [-0.2, -0.15) is 0 Å². The Morgan fingerprint density at radius 2 is 2.25 bits per heavy atom. The van der Waals surface area contributed by atoms with Gasteiger partial charge in [0.2, 0.25) is 5.95 Å². The summed E-state index contributed by atoms with van der Waals surface area (Å²) in [6.07, 6.45) is 5.16. The van der Waals surface area contributed by atoms with Crippen molar-refractivity contribution >= 4 is 29.2 Å². The van der Waals surface area contributed by atoms with Crippen LogP contribution in [0.4, 0.5) is 11.6 Å². The first-order valence-electron chi connectivity index (χ1n) is 7.25. The fourth-order valence-corrected chi connectivity index (χ4v) is 2.45. The van der Waals surface area contributed by atoms with Crippen molar-refractivity contribution in [2.45, 2.75) is 5.75 Å². The van der Waals surface area contributed by atoms with Crippen LogP contribution in [-0.4, -0.2) is 17.1 Å². The quantitative estimate of drug-likeness (QED) is 0.429. The van der Waals surface area contributed by atoms with Crippen LogP contribution in [0, 0.1) is 0 Å². The fourth-order valence-electron chi connectivity index (χ4n) is 2.08. The van der Waals surface area contributed by atoms with Gasteiger partial charge in [0, 0.05) is 23.2 Å². The van der Waals surface area contributed by atoms with E-state index in [2.05, 4.69) is 28.4 Å². The Bertz CT molecular complexity index is 758. The maximum absolute atomic E-state index is 5.52. The van der Waals surface area contributed by atoms with Gasteiger partial charge in [-0.3, -0.25) is 5.14 Å². The molecule has 0 saturated carbocycles. The first-order valence-corrected chi connectivity index (χ1v) is 8.30. The van der Waals surface area contributed by atoms with E-state index in [0.717, 1.165) is 22.6 Å². The van der Waals surface area contributed by atoms with E-state index in [0.29, 0.717) is 17.4 Å². The van der Waals surface area contributed by atoms with E-state index in [1.54, 1.807) is 31.5 Å². The molecule has 124 valence electrons. The summed E-state index contributed by atoms with van der Waals surface area (Å²) in [5.41, 5.74) is 3.49. The average Bonchev–Trinajstić information content (AvgIpc) is 2.60. The molecule has 0 fully saturated rings. The summed E-state index contributed by atoms with van der Waals surface area (Å²) in [7, 11) is 1.57. The Balaban J connectivity index is 2.27. The van der Waals surface area contributed by atoms with E-state index in [1.807, 2.05) is 24.3 Å². The maximum atomic E-state index is 5.52. The smallest absolute Gasteiger partial charge is 0.227 e. The fraction of sp³-hybridized carbons (Fsp3) is 0.111. The third-order valence-corrected chi connectivity index (χ3v) is 3.70. The lowest BCUT2D eigenvalue weighted by atomic mass is 10.1. The van der Waals surface area contributed by atoms with E-state index >= 15 is 0 Å². The highest BCUT2D eigenvalue weighted by Gasteiger charge is 2.09. The summed E-state index contributed by atoms with van der Waals surface area (Å²) in [6.45, 7) is 7.60. The molecule has 0 bridgehead atoms. The van der Waals surface area contributed by atoms with Gasteiger partial charge < -0.3 is 10.1 Å². The zero-order chi connectivity index (χ0) is 17.4. The third kappa shape index (κ3) is 4.71. The monoisotopic (exact) mass is 340 g/mol. The van der Waals surface area contributed by atoms with Gasteiger partial charge in [-0.25, -0.2) is 9.97 Å². The lowest BCUT2D eigenvalue weighted by molar-refractivity contribution is 0.312. The number of allylic oxidation sites excluding steroid dienone is 3. The van der Waals surface area contributed by atoms with Crippen LogP contribution in [0.3, 0.4) is 0 Å². The predicted octanol–water partition coefficient (Wildman–Crippen LogP) is 4.06. The molecule has 2 aromatic rings. The van der Waals surface area contributed by atoms with Crippen LogP contribution in [0.25, 0.3) is 5.57 Å². The van der Waals surface area contributed by atoms with Crippen LogP contribution in [0.15, 0.2) is 67.6 Å². The van der Waals surface area contributed by atoms with Crippen molar-refractivity contribution in [3.8, 4) is 0 Å². The van der Waals surface area contributed by atoms with Crippen molar-refractivity contribution in [2.24, 2.45) is 5.14 Å². The minimum absolute atomic E-state index is 0.490. The summed E-state index contributed by atoms with van der Waals surface area (Å²) >= 11 is 1.29. The van der Waals surface area contributed by atoms with Crippen LogP contribution < -0.4 is 10.5 Å². The molecule has 0 spiro atoms. The SMILES string of the molecule is C=C/C=C(\C(=C)OC)c1ccnc(Nc2cccc(CSN)c2)n1. The molecule has 0 amide bonds. The predicted molar refractivity (Wildman–Crippen MR) is 102 cm³/mol. The molecule has 0 saturated heterocycles. The lowest BCUT2D eigenvalue weighted by Gasteiger charge is -2.11. The zero-order valence-corrected chi connectivity index (χ0v) is 14.3. The van der Waals surface area contributed by atoms with Gasteiger partial charge in [0.15, 0.2) is 0 Å². The molecule has 1 aromatic carbocycles. The Morgan fingerprint density at radius 1 is 1.42 bits per heavy atom. The first-order chi connectivity index (χ1) is 11.7. The number of methoxy groups -OCH3 is 1. The summed E-state index contributed by atoms with van der Waals surface area (Å²) in [5, 5.41) is 8.72. The van der Waals surface area contributed by atoms with Crippen molar-refractivity contribution in [1.29, 1.82) is 0 Å². The summed E-state index contributed by atoms with van der Waals surface area (Å²) in [4.78, 5) is 8.79. The molecule has 5 nitrogen and oxygen atoms in total. The topological polar surface area (TPSA) is 73.1 Å². The van der Waals surface area contributed by atoms with Crippen LogP contribution in [-0.2, 0) is 10.5 Å². The minimum Gasteiger partial charge on any atom is -0.497 e. The molecule has 2 rings (SSSR count). The average molecular weight is 340 g/mol. The number of nitrogens with two attached hydrogens (primary N) is 1. The van der Waals surface area contributed by atoms with Gasteiger partial charge in [-0.1, -0.05) is 43.3 Å². The van der Waals surface area contributed by atoms with Crippen molar-refractivity contribution in [2.75, 3.05) is 12.4 Å². The Labute approximate surface area is 146 Å². The molecule has 0 aliphatic heterocycles. The number of hydrogen-bond donors (Lipinski definition) is 2. The number of ether oxygens (including phenoxy) is 1. The van der Waals surface area contributed by atoms with Crippen molar-refractivity contribution in [3.63, 3.8) is 0 Å². The molecule has 6 heteroatoms. The highest BCUT2D eigenvalue weighted by Crippen LogP contribution is 2.23. The number of hydrogen-bond acceptors (Lipinski definition) is 6. The molecule has 1 heterocycles. The first kappa shape index (κ1) is 17.8. The van der Waals surface area contributed by atoms with Gasteiger partial charge >= 0.3 is 0 Å². The normalized spacial score (nSPS) is 11.0. The van der Waals surface area contributed by atoms with Crippen molar-refractivity contribution < 1.29 is 4.74 Å². The number of nitrogens with zero attached hydrogens (tertiary/aromatic N) is 2. The summed E-state index contributed by atoms with van der Waals surface area (Å²) in [5.74, 6) is 1.75. The molecular weight excluding hydrogens is 320 g/mol. The van der Waals surface area contributed by atoms with E-state index in [4.69, 9.17) is 9.88 Å². The van der Waals surface area contributed by atoms with Crippen LogP contribution in [0.2, 0.25) is 0 Å². The summed E-state index contributed by atoms with van der Waals surface area (Å²) in [6, 6.07) is 9.76. The summed E-state index contributed by atoms with van der Waals surface area (Å²) < 4.78 is 5.21. The third-order valence-electron chi connectivity index (χ3n) is 3.20. The van der Waals surface area contributed by atoms with E-state index in [9.17, 15) is 0 Å². The highest BCUT2D eigenvalue weighted by molar-refractivity contribution is 7.96. The minimum atomic E-state index is 0.490. The molecular formula is C18H20N4OS.